The van der Waals surface area contributed by atoms with Crippen LogP contribution in [0.15, 0.2) is 0 Å². The van der Waals surface area contributed by atoms with E-state index >= 15 is 0 Å². The van der Waals surface area contributed by atoms with Gasteiger partial charge in [0.25, 0.3) is 11.8 Å². The van der Waals surface area contributed by atoms with Crippen LogP contribution in [-0.4, -0.2) is 448 Å². The van der Waals surface area contributed by atoms with Crippen LogP contribution in [0.5, 0.6) is 0 Å². The summed E-state index contributed by atoms with van der Waals surface area (Å²) in [7, 11) is -3.80. The first-order valence-corrected chi connectivity index (χ1v) is 30.5. The van der Waals surface area contributed by atoms with Crippen molar-refractivity contribution in [3.8, 4) is 0 Å². The van der Waals surface area contributed by atoms with Gasteiger partial charge >= 0.3 is 32.1 Å². The second-order valence-corrected chi connectivity index (χ2v) is 22.0. The summed E-state index contributed by atoms with van der Waals surface area (Å²) >= 11 is 0. The van der Waals surface area contributed by atoms with Gasteiger partial charge in [-0.1, -0.05) is 0 Å². The van der Waals surface area contributed by atoms with Gasteiger partial charge in [-0.15, -0.1) is 0 Å². The number of hydrogen-bond donors (Lipinski definition) is 29. The van der Waals surface area contributed by atoms with Crippen molar-refractivity contribution < 1.29 is 185 Å². The fraction of sp³-hybridized carbons (Fsp3) is 0.857. The fourth-order valence-electron chi connectivity index (χ4n) is 8.28. The molecule has 29 N–H and O–H groups in total. The molecule has 0 aliphatic rings. The van der Waals surface area contributed by atoms with E-state index < -0.39 is 304 Å². The largest absolute Gasteiger partial charge is 0.480 e. The van der Waals surface area contributed by atoms with Gasteiger partial charge in [-0.2, -0.15) is 5.06 Å². The number of aliphatic carboxylic acids is 4. The van der Waals surface area contributed by atoms with Gasteiger partial charge in [-0.25, -0.2) is 11.0 Å². The maximum absolute atomic E-state index is 14.0. The highest BCUT2D eigenvalue weighted by Crippen LogP contribution is 2.17. The smallest absolute Gasteiger partial charge is 0.321 e. The zero-order valence-electron chi connectivity index (χ0n) is 51.7. The van der Waals surface area contributed by atoms with E-state index in [4.69, 9.17) is 39.5 Å². The number of hydroxylamine groups is 4. The van der Waals surface area contributed by atoms with E-state index in [0.29, 0.717) is 0 Å². The van der Waals surface area contributed by atoms with Gasteiger partial charge in [0.05, 0.1) is 65.8 Å². The molecule has 3 amide bonds. The van der Waals surface area contributed by atoms with Crippen LogP contribution in [0.2, 0.25) is 0 Å². The lowest BCUT2D eigenvalue weighted by Crippen LogP contribution is -2.53. The molecule has 0 fully saturated rings. The molecule has 0 rings (SSSR count). The number of carboxylic acid groups (broad SMARTS) is 4. The molecule has 19 atom stereocenters. The van der Waals surface area contributed by atoms with Crippen molar-refractivity contribution in [1.29, 1.82) is 0 Å². The first-order valence-electron chi connectivity index (χ1n) is 29.2. The third-order valence-corrected chi connectivity index (χ3v) is 14.4. The fourth-order valence-corrected chi connectivity index (χ4v) is 8.57. The van der Waals surface area contributed by atoms with Crippen LogP contribution in [0.1, 0.15) is 12.8 Å². The van der Waals surface area contributed by atoms with Crippen molar-refractivity contribution in [3.63, 3.8) is 0 Å². The minimum Gasteiger partial charge on any atom is -0.480 e. The minimum absolute atomic E-state index is 0.369. The standard InChI is InChI=1S/C49H96N9O37P/c59-18-27(63)36(74)40(78)31(67)22-92-52-4-6-55(7-5-53-93-23-32(68)41(79)37(75)28(64)19-60)33(69)15-26(49(88)89)57(17-35(72)73)13-11-54(24-95-96(90)91)10-12-56(16-34(70)71)25(48(86)87)1-14-94-58(8-2-50-46(84)44(82)42(80)38(76)29(65)20-61)9-3-51-47(85)45(83)43(81)39(77)30(66)21-62/h25-32,36-45,52-53,59-68,74-83,96H,1-24H2,(H,50,84)(H,51,85)(H,70,71)(H,72,73)(H,86,87)(H,88,89)(H,90,91)/t25?,26-,27?,28?,29?,30?,31?,32?,36?,37?,38?,39?,40?,41?,42?,43?,44?,45?/m0/s1. The Balaban J connectivity index is 6.74. The second kappa shape index (κ2) is 49.7. The van der Waals surface area contributed by atoms with Crippen LogP contribution in [0, 0.1) is 0 Å². The SMILES string of the molecule is O=C(O)CN(CCN(CCN(CC(=O)O)[C@@H](CC(=O)N(CCNOCC(O)C(O)C(O)C(O)CO)CCNOCC(O)C(O)C(O)C(O)CO)C(=O)O)CO[PH](=O)O)C(CCON(CCNC(=O)C(O)C(O)C(O)C(O)CO)CCNC(=O)C(O)C(O)C(O)C(O)CO)C(=O)O. The van der Waals surface area contributed by atoms with Crippen LogP contribution in [0.25, 0.3) is 0 Å². The number of nitrogens with one attached hydrogen (secondary N) is 4. The summed E-state index contributed by atoms with van der Waals surface area (Å²) in [5.74, 6) is -10.5. The number of hydrogen-bond acceptors (Lipinski definition) is 38. The Bertz CT molecular complexity index is 2170. The number of carbonyl (C=O) groups excluding carboxylic acids is 3. The average molecular weight is 1430 g/mol. The maximum atomic E-state index is 14.0. The number of carboxylic acids is 4. The molecule has 0 aromatic heterocycles. The van der Waals surface area contributed by atoms with E-state index in [9.17, 15) is 145 Å². The molecule has 0 heterocycles. The van der Waals surface area contributed by atoms with Crippen molar-refractivity contribution in [2.75, 3.05) is 145 Å². The molecular weight excluding hydrogens is 1340 g/mol. The lowest BCUT2D eigenvalue weighted by Gasteiger charge is -2.33. The maximum Gasteiger partial charge on any atom is 0.321 e. The Hall–Kier alpha value is -4.72. The van der Waals surface area contributed by atoms with Crippen LogP contribution in [0.4, 0.5) is 0 Å². The van der Waals surface area contributed by atoms with Gasteiger partial charge in [-0.05, 0) is 6.42 Å². The molecule has 564 valence electrons. The molecule has 18 unspecified atom stereocenters. The van der Waals surface area contributed by atoms with E-state index in [1.807, 2.05) is 0 Å². The third-order valence-electron chi connectivity index (χ3n) is 14.0. The molecule has 0 aromatic rings. The van der Waals surface area contributed by atoms with Crippen molar-refractivity contribution in [2.24, 2.45) is 0 Å². The number of carbonyl (C=O) groups is 7. The van der Waals surface area contributed by atoms with E-state index in [1.54, 1.807) is 0 Å². The summed E-state index contributed by atoms with van der Waals surface area (Å²) < 4.78 is 16.7. The van der Waals surface area contributed by atoms with Crippen LogP contribution >= 0.6 is 8.25 Å². The number of aliphatic hydroxyl groups excluding tert-OH is 20. The van der Waals surface area contributed by atoms with Gasteiger partial charge in [0.2, 0.25) is 5.91 Å². The zero-order valence-corrected chi connectivity index (χ0v) is 52.7. The summed E-state index contributed by atoms with van der Waals surface area (Å²) in [6.07, 6.45) is -35.1. The average Bonchev–Trinajstić information content (AvgIpc) is 0.957. The normalized spacial score (nSPS) is 18.1. The first-order chi connectivity index (χ1) is 45.0. The molecule has 0 aromatic carbocycles. The predicted octanol–water partition coefficient (Wildman–Crippen LogP) is -17.8. The molecule has 0 saturated heterocycles. The van der Waals surface area contributed by atoms with E-state index in [1.165, 1.54) is 0 Å². The lowest BCUT2D eigenvalue weighted by atomic mass is 10.0. The lowest BCUT2D eigenvalue weighted by molar-refractivity contribution is -0.169. The van der Waals surface area contributed by atoms with E-state index in [0.717, 1.165) is 24.7 Å². The third kappa shape index (κ3) is 35.4. The molecular formula is C49H96N9O37P. The Morgan fingerprint density at radius 3 is 1.14 bits per heavy atom. The molecule has 47 heteroatoms. The number of aliphatic hydroxyl groups is 20. The van der Waals surface area contributed by atoms with E-state index in [-0.39, 0.29) is 13.1 Å². The first kappa shape index (κ1) is 91.3. The van der Waals surface area contributed by atoms with Gasteiger partial charge in [0.15, 0.2) is 12.2 Å². The predicted molar refractivity (Wildman–Crippen MR) is 312 cm³/mol. The zero-order chi connectivity index (χ0) is 73.5. The van der Waals surface area contributed by atoms with Crippen LogP contribution < -0.4 is 21.6 Å². The number of nitrogens with zero attached hydrogens (tertiary/aromatic N) is 5. The van der Waals surface area contributed by atoms with Crippen molar-refractivity contribution >= 4 is 49.9 Å². The van der Waals surface area contributed by atoms with Crippen LogP contribution in [0.3, 0.4) is 0 Å². The molecule has 96 heavy (non-hydrogen) atoms. The van der Waals surface area contributed by atoms with Crippen molar-refractivity contribution in [3.05, 3.63) is 0 Å². The molecule has 46 nitrogen and oxygen atoms in total. The number of amides is 3. The Morgan fingerprint density at radius 2 is 0.792 bits per heavy atom. The van der Waals surface area contributed by atoms with E-state index in [2.05, 4.69) is 21.6 Å². The Morgan fingerprint density at radius 1 is 0.438 bits per heavy atom. The molecule has 0 spiro atoms. The van der Waals surface area contributed by atoms with Gasteiger partial charge in [-0.3, -0.25) is 71.9 Å². The van der Waals surface area contributed by atoms with Crippen LogP contribution in [-0.2, 0) is 57.2 Å². The molecule has 0 radical (unpaired) electrons. The quantitative estimate of drug-likeness (QED) is 0.0116. The van der Waals surface area contributed by atoms with Gasteiger partial charge < -0.3 is 143 Å². The molecule has 0 aliphatic heterocycles. The Kier molecular flexibility index (Phi) is 47.3. The second-order valence-electron chi connectivity index (χ2n) is 21.2. The summed E-state index contributed by atoms with van der Waals surface area (Å²) in [6, 6.07) is -3.84. The minimum atomic E-state index is -3.80. The van der Waals surface area contributed by atoms with Crippen molar-refractivity contribution in [2.45, 2.75) is 123 Å². The molecule has 0 saturated carbocycles. The summed E-state index contributed by atoms with van der Waals surface area (Å²) in [5, 5.41) is 241. The summed E-state index contributed by atoms with van der Waals surface area (Å²) in [4.78, 5) is 118. The Labute approximate surface area is 546 Å². The van der Waals surface area contributed by atoms with Gasteiger partial charge in [0, 0.05) is 78.5 Å². The number of rotatable bonds is 59. The summed E-state index contributed by atoms with van der Waals surface area (Å²) in [5.41, 5.74) is 4.64. The highest BCUT2D eigenvalue weighted by Gasteiger charge is 2.38. The monoisotopic (exact) mass is 1430 g/mol. The van der Waals surface area contributed by atoms with Crippen molar-refractivity contribution in [1.82, 2.24) is 46.3 Å². The summed E-state index contributed by atoms with van der Waals surface area (Å²) in [6.45, 7) is -15.2. The molecule has 0 bridgehead atoms. The van der Waals surface area contributed by atoms with Gasteiger partial charge in [0.1, 0.15) is 104 Å². The highest BCUT2D eigenvalue weighted by atomic mass is 31.1. The highest BCUT2D eigenvalue weighted by molar-refractivity contribution is 7.32. The topological polar surface area (TPSA) is 744 Å². The molecule has 0 aliphatic carbocycles.